The number of ether oxygens (including phenoxy) is 3. The molecule has 0 spiro atoms. The molecule has 1 atom stereocenters. The molecule has 0 saturated carbocycles. The number of halogens is 4. The first-order valence-electron chi connectivity index (χ1n) is 8.32. The van der Waals surface area contributed by atoms with Crippen molar-refractivity contribution in [3.63, 3.8) is 0 Å². The van der Waals surface area contributed by atoms with Crippen LogP contribution in [0, 0.1) is 0 Å². The number of anilines is 1. The zero-order valence-corrected chi connectivity index (χ0v) is 15.6. The van der Waals surface area contributed by atoms with Gasteiger partial charge < -0.3 is 24.2 Å². The van der Waals surface area contributed by atoms with Crippen LogP contribution in [0.4, 0.5) is 19.0 Å². The number of aliphatic hydroxyl groups is 1. The van der Waals surface area contributed by atoms with E-state index >= 15 is 0 Å². The molecule has 2 aromatic rings. The summed E-state index contributed by atoms with van der Waals surface area (Å²) in [4.78, 5) is 5.22. The zero-order valence-electron chi connectivity index (χ0n) is 14.9. The van der Waals surface area contributed by atoms with E-state index in [-0.39, 0.29) is 37.4 Å². The fourth-order valence-electron chi connectivity index (χ4n) is 2.67. The maximum absolute atomic E-state index is 12.7. The maximum atomic E-state index is 12.7. The maximum Gasteiger partial charge on any atom is 0.417 e. The number of hydrogen-bond donors (Lipinski definition) is 1. The predicted octanol–water partition coefficient (Wildman–Crippen LogP) is 3.50. The zero-order chi connectivity index (χ0) is 20.3. The highest BCUT2D eigenvalue weighted by Gasteiger charge is 2.32. The van der Waals surface area contributed by atoms with E-state index in [1.54, 1.807) is 19.2 Å². The summed E-state index contributed by atoms with van der Waals surface area (Å²) in [5.41, 5.74) is -0.0699. The Bertz CT molecular complexity index is 835. The Morgan fingerprint density at radius 2 is 2.04 bits per heavy atom. The van der Waals surface area contributed by atoms with Gasteiger partial charge in [0, 0.05) is 19.8 Å². The van der Waals surface area contributed by atoms with E-state index in [4.69, 9.17) is 25.8 Å². The standard InChI is InChI=1S/C18H18ClF3N2O4/c1-24(17-14(19)5-12(6-23-17)18(20,21)22)7-13(25)9-26-8-11-2-3-15-16(4-11)28-10-27-15/h2-6,13,25H,7-10H2,1H3/t13-/m0/s1. The van der Waals surface area contributed by atoms with Crippen LogP contribution in [0.1, 0.15) is 11.1 Å². The van der Waals surface area contributed by atoms with E-state index in [1.807, 2.05) is 6.07 Å². The van der Waals surface area contributed by atoms with Gasteiger partial charge in [-0.2, -0.15) is 13.2 Å². The van der Waals surface area contributed by atoms with Crippen LogP contribution in [-0.4, -0.2) is 43.2 Å². The first-order valence-corrected chi connectivity index (χ1v) is 8.70. The van der Waals surface area contributed by atoms with Gasteiger partial charge in [0.05, 0.1) is 29.9 Å². The fraction of sp³-hybridized carbons (Fsp3) is 0.389. The lowest BCUT2D eigenvalue weighted by Gasteiger charge is -2.23. The molecule has 28 heavy (non-hydrogen) atoms. The second-order valence-electron chi connectivity index (χ2n) is 6.26. The number of pyridine rings is 1. The van der Waals surface area contributed by atoms with Gasteiger partial charge in [-0.05, 0) is 23.8 Å². The molecule has 0 saturated heterocycles. The van der Waals surface area contributed by atoms with Gasteiger partial charge in [-0.15, -0.1) is 0 Å². The largest absolute Gasteiger partial charge is 0.454 e. The van der Waals surface area contributed by atoms with Gasteiger partial charge in [-0.3, -0.25) is 0 Å². The molecule has 1 aliphatic heterocycles. The van der Waals surface area contributed by atoms with E-state index in [2.05, 4.69) is 4.98 Å². The molecule has 10 heteroatoms. The molecule has 0 fully saturated rings. The molecule has 0 amide bonds. The van der Waals surface area contributed by atoms with Gasteiger partial charge in [-0.1, -0.05) is 17.7 Å². The number of benzene rings is 1. The first kappa shape index (κ1) is 20.5. The second-order valence-corrected chi connectivity index (χ2v) is 6.67. The molecule has 0 bridgehead atoms. The van der Waals surface area contributed by atoms with E-state index < -0.39 is 17.8 Å². The van der Waals surface area contributed by atoms with Gasteiger partial charge in [0.1, 0.15) is 5.82 Å². The molecule has 0 unspecified atom stereocenters. The van der Waals surface area contributed by atoms with Crippen molar-refractivity contribution >= 4 is 17.4 Å². The number of rotatable bonds is 7. The number of alkyl halides is 3. The van der Waals surface area contributed by atoms with Gasteiger partial charge in [0.15, 0.2) is 11.5 Å². The molecular formula is C18H18ClF3N2O4. The monoisotopic (exact) mass is 418 g/mol. The summed E-state index contributed by atoms with van der Waals surface area (Å²) in [5.74, 6) is 1.46. The summed E-state index contributed by atoms with van der Waals surface area (Å²) in [6.45, 7) is 0.554. The van der Waals surface area contributed by atoms with Crippen molar-refractivity contribution in [2.75, 3.05) is 31.9 Å². The second kappa shape index (κ2) is 8.42. The van der Waals surface area contributed by atoms with Gasteiger partial charge in [-0.25, -0.2) is 4.98 Å². The Balaban J connectivity index is 1.50. The minimum Gasteiger partial charge on any atom is -0.454 e. The van der Waals surface area contributed by atoms with Crippen LogP contribution in [-0.2, 0) is 17.5 Å². The van der Waals surface area contributed by atoms with Gasteiger partial charge >= 0.3 is 6.18 Å². The van der Waals surface area contributed by atoms with Gasteiger partial charge in [0.2, 0.25) is 6.79 Å². The average Bonchev–Trinajstić information content (AvgIpc) is 3.08. The average molecular weight is 419 g/mol. The Kier molecular flexibility index (Phi) is 6.17. The molecule has 1 aromatic heterocycles. The molecule has 0 aliphatic carbocycles. The molecule has 1 N–H and O–H groups in total. The molecule has 1 aromatic carbocycles. The number of likely N-dealkylation sites (N-methyl/N-ethyl adjacent to an activating group) is 1. The highest BCUT2D eigenvalue weighted by Crippen LogP contribution is 2.34. The Morgan fingerprint density at radius 3 is 2.75 bits per heavy atom. The minimum atomic E-state index is -4.52. The summed E-state index contributed by atoms with van der Waals surface area (Å²) < 4.78 is 54.1. The van der Waals surface area contributed by atoms with Crippen molar-refractivity contribution in [3.05, 3.63) is 46.6 Å². The van der Waals surface area contributed by atoms with Crippen LogP contribution < -0.4 is 14.4 Å². The van der Waals surface area contributed by atoms with Crippen LogP contribution >= 0.6 is 11.6 Å². The highest BCUT2D eigenvalue weighted by molar-refractivity contribution is 6.33. The number of aromatic nitrogens is 1. The number of aliphatic hydroxyl groups excluding tert-OH is 1. The quantitative estimate of drug-likeness (QED) is 0.742. The van der Waals surface area contributed by atoms with E-state index in [9.17, 15) is 18.3 Å². The third-order valence-corrected chi connectivity index (χ3v) is 4.29. The van der Waals surface area contributed by atoms with Crippen molar-refractivity contribution in [1.29, 1.82) is 0 Å². The van der Waals surface area contributed by atoms with Crippen molar-refractivity contribution in [2.45, 2.75) is 18.9 Å². The third-order valence-electron chi connectivity index (χ3n) is 4.01. The molecule has 0 radical (unpaired) electrons. The Hall–Kier alpha value is -2.23. The van der Waals surface area contributed by atoms with Crippen molar-refractivity contribution in [2.24, 2.45) is 0 Å². The van der Waals surface area contributed by atoms with Crippen LogP contribution in [0.15, 0.2) is 30.5 Å². The predicted molar refractivity (Wildman–Crippen MR) is 95.7 cm³/mol. The summed E-state index contributed by atoms with van der Waals surface area (Å²) in [6, 6.07) is 6.22. The minimum absolute atomic E-state index is 0.0248. The lowest BCUT2D eigenvalue weighted by atomic mass is 10.2. The SMILES string of the molecule is CN(C[C@H](O)COCc1ccc2c(c1)OCO2)c1ncc(C(F)(F)F)cc1Cl. The molecule has 1 aliphatic rings. The number of fused-ring (bicyclic) bond motifs is 1. The summed E-state index contributed by atoms with van der Waals surface area (Å²) in [6.07, 6.45) is -4.70. The molecular weight excluding hydrogens is 401 g/mol. The third kappa shape index (κ3) is 4.98. The van der Waals surface area contributed by atoms with Crippen molar-refractivity contribution in [1.82, 2.24) is 4.98 Å². The molecule has 3 rings (SSSR count). The van der Waals surface area contributed by atoms with Crippen molar-refractivity contribution < 1.29 is 32.5 Å². The summed E-state index contributed by atoms with van der Waals surface area (Å²) in [7, 11) is 1.57. The lowest BCUT2D eigenvalue weighted by Crippen LogP contribution is -2.33. The normalized spacial score (nSPS) is 14.2. The summed E-state index contributed by atoms with van der Waals surface area (Å²) >= 11 is 5.91. The van der Waals surface area contributed by atoms with Crippen LogP contribution in [0.5, 0.6) is 11.5 Å². The highest BCUT2D eigenvalue weighted by atomic mass is 35.5. The number of nitrogens with zero attached hydrogens (tertiary/aromatic N) is 2. The fourth-order valence-corrected chi connectivity index (χ4v) is 2.98. The summed E-state index contributed by atoms with van der Waals surface area (Å²) in [5, 5.41) is 9.98. The molecule has 2 heterocycles. The van der Waals surface area contributed by atoms with Crippen LogP contribution in [0.3, 0.4) is 0 Å². The van der Waals surface area contributed by atoms with E-state index in [0.29, 0.717) is 17.7 Å². The number of hydrogen-bond acceptors (Lipinski definition) is 6. The molecule has 152 valence electrons. The lowest BCUT2D eigenvalue weighted by molar-refractivity contribution is -0.137. The molecule has 6 nitrogen and oxygen atoms in total. The van der Waals surface area contributed by atoms with E-state index in [1.165, 1.54) is 4.90 Å². The Morgan fingerprint density at radius 1 is 1.29 bits per heavy atom. The van der Waals surface area contributed by atoms with Crippen LogP contribution in [0.2, 0.25) is 5.02 Å². The van der Waals surface area contributed by atoms with E-state index in [0.717, 1.165) is 11.6 Å². The topological polar surface area (TPSA) is 64.1 Å². The first-order chi connectivity index (χ1) is 13.2. The smallest absolute Gasteiger partial charge is 0.417 e. The van der Waals surface area contributed by atoms with Gasteiger partial charge in [0.25, 0.3) is 0 Å². The Labute approximate surface area is 164 Å². The van der Waals surface area contributed by atoms with Crippen LogP contribution in [0.25, 0.3) is 0 Å². The van der Waals surface area contributed by atoms with Crippen molar-refractivity contribution in [3.8, 4) is 11.5 Å².